The monoisotopic (exact) mass is 256 g/mol. The third kappa shape index (κ3) is 3.92. The molecule has 2 heterocycles. The van der Waals surface area contributed by atoms with E-state index >= 15 is 0 Å². The Morgan fingerprint density at radius 3 is 2.94 bits per heavy atom. The number of hydrogen-bond acceptors (Lipinski definition) is 4. The molecule has 106 valence electrons. The molecular weight excluding hydrogens is 228 g/mol. The van der Waals surface area contributed by atoms with E-state index in [1.807, 2.05) is 7.05 Å². The maximum Gasteiger partial charge on any atom is 0.0673 e. The van der Waals surface area contributed by atoms with Gasteiger partial charge in [0, 0.05) is 44.8 Å². The minimum absolute atomic E-state index is 0.303. The zero-order valence-electron chi connectivity index (χ0n) is 11.9. The van der Waals surface area contributed by atoms with Crippen molar-refractivity contribution < 1.29 is 9.47 Å². The summed E-state index contributed by atoms with van der Waals surface area (Å²) in [6.45, 7) is 9.35. The van der Waals surface area contributed by atoms with E-state index in [9.17, 15) is 0 Å². The molecule has 0 aliphatic carbocycles. The van der Waals surface area contributed by atoms with Crippen LogP contribution < -0.4 is 5.32 Å². The van der Waals surface area contributed by atoms with Crippen molar-refractivity contribution in [3.05, 3.63) is 0 Å². The van der Waals surface area contributed by atoms with Gasteiger partial charge in [0.2, 0.25) is 0 Å². The minimum atomic E-state index is 0.303. The Morgan fingerprint density at radius 2 is 2.22 bits per heavy atom. The fourth-order valence-electron chi connectivity index (χ4n) is 3.30. The van der Waals surface area contributed by atoms with Crippen molar-refractivity contribution in [2.45, 2.75) is 32.3 Å². The minimum Gasteiger partial charge on any atom is -0.381 e. The standard InChI is InChI=1S/C14H28N2O2/c1-13-9-16(6-4-8-18-13)11-14(10-15-2)5-3-7-17-12-14/h13,15H,3-12H2,1-2H3. The Morgan fingerprint density at radius 1 is 1.33 bits per heavy atom. The number of hydrogen-bond donors (Lipinski definition) is 1. The molecule has 0 aromatic rings. The Kier molecular flexibility index (Phi) is 5.42. The molecule has 0 radical (unpaired) electrons. The molecule has 2 aliphatic heterocycles. The average molecular weight is 256 g/mol. The van der Waals surface area contributed by atoms with Crippen molar-refractivity contribution in [1.29, 1.82) is 0 Å². The lowest BCUT2D eigenvalue weighted by atomic mass is 9.81. The van der Waals surface area contributed by atoms with E-state index in [2.05, 4.69) is 17.1 Å². The third-order valence-electron chi connectivity index (χ3n) is 4.05. The van der Waals surface area contributed by atoms with Crippen LogP contribution in [0.15, 0.2) is 0 Å². The van der Waals surface area contributed by atoms with E-state index in [0.717, 1.165) is 52.4 Å². The maximum atomic E-state index is 5.74. The molecule has 0 spiro atoms. The topological polar surface area (TPSA) is 33.7 Å². The van der Waals surface area contributed by atoms with Gasteiger partial charge < -0.3 is 14.8 Å². The molecule has 18 heavy (non-hydrogen) atoms. The van der Waals surface area contributed by atoms with Crippen LogP contribution in [0, 0.1) is 5.41 Å². The highest BCUT2D eigenvalue weighted by atomic mass is 16.5. The lowest BCUT2D eigenvalue weighted by molar-refractivity contribution is -0.0285. The first-order valence-electron chi connectivity index (χ1n) is 7.30. The van der Waals surface area contributed by atoms with Gasteiger partial charge in [0.1, 0.15) is 0 Å². The predicted octanol–water partition coefficient (Wildman–Crippen LogP) is 1.11. The number of ether oxygens (including phenoxy) is 2. The molecular formula is C14H28N2O2. The third-order valence-corrected chi connectivity index (χ3v) is 4.05. The summed E-state index contributed by atoms with van der Waals surface area (Å²) >= 11 is 0. The second-order valence-electron chi connectivity index (χ2n) is 5.96. The zero-order chi connectivity index (χ0) is 12.8. The summed E-state index contributed by atoms with van der Waals surface area (Å²) in [6, 6.07) is 0. The highest BCUT2D eigenvalue weighted by Crippen LogP contribution is 2.29. The summed E-state index contributed by atoms with van der Waals surface area (Å²) in [6.07, 6.45) is 3.99. The Balaban J connectivity index is 1.94. The predicted molar refractivity (Wildman–Crippen MR) is 72.9 cm³/mol. The van der Waals surface area contributed by atoms with Crippen molar-refractivity contribution in [1.82, 2.24) is 10.2 Å². The van der Waals surface area contributed by atoms with Gasteiger partial charge in [0.05, 0.1) is 12.7 Å². The molecule has 4 heteroatoms. The van der Waals surface area contributed by atoms with Crippen LogP contribution in [0.4, 0.5) is 0 Å². The van der Waals surface area contributed by atoms with E-state index in [1.165, 1.54) is 12.8 Å². The molecule has 0 bridgehead atoms. The molecule has 2 rings (SSSR count). The van der Waals surface area contributed by atoms with Crippen molar-refractivity contribution >= 4 is 0 Å². The van der Waals surface area contributed by atoms with E-state index in [-0.39, 0.29) is 0 Å². The van der Waals surface area contributed by atoms with Gasteiger partial charge in [-0.2, -0.15) is 0 Å². The van der Waals surface area contributed by atoms with Crippen molar-refractivity contribution in [2.24, 2.45) is 5.41 Å². The molecule has 2 fully saturated rings. The van der Waals surface area contributed by atoms with Gasteiger partial charge in [-0.1, -0.05) is 0 Å². The van der Waals surface area contributed by atoms with Gasteiger partial charge >= 0.3 is 0 Å². The molecule has 2 unspecified atom stereocenters. The van der Waals surface area contributed by atoms with Crippen LogP contribution in [0.25, 0.3) is 0 Å². The first-order valence-corrected chi connectivity index (χ1v) is 7.30. The molecule has 4 nitrogen and oxygen atoms in total. The van der Waals surface area contributed by atoms with Gasteiger partial charge in [0.25, 0.3) is 0 Å². The van der Waals surface area contributed by atoms with Crippen molar-refractivity contribution in [3.8, 4) is 0 Å². The van der Waals surface area contributed by atoms with Crippen LogP contribution in [-0.4, -0.2) is 64.1 Å². The second kappa shape index (κ2) is 6.85. The smallest absolute Gasteiger partial charge is 0.0673 e. The van der Waals surface area contributed by atoms with E-state index in [0.29, 0.717) is 11.5 Å². The van der Waals surface area contributed by atoms with Crippen LogP contribution in [0.3, 0.4) is 0 Å². The maximum absolute atomic E-state index is 5.74. The van der Waals surface area contributed by atoms with Crippen LogP contribution in [-0.2, 0) is 9.47 Å². The summed E-state index contributed by atoms with van der Waals surface area (Å²) in [5, 5.41) is 3.36. The first-order chi connectivity index (χ1) is 8.74. The van der Waals surface area contributed by atoms with Gasteiger partial charge in [0.15, 0.2) is 0 Å². The van der Waals surface area contributed by atoms with Crippen LogP contribution in [0.5, 0.6) is 0 Å². The number of rotatable bonds is 4. The van der Waals surface area contributed by atoms with Crippen molar-refractivity contribution in [3.63, 3.8) is 0 Å². The average Bonchev–Trinajstić information content (AvgIpc) is 2.55. The zero-order valence-corrected chi connectivity index (χ0v) is 11.9. The summed E-state index contributed by atoms with van der Waals surface area (Å²) in [5.41, 5.74) is 0.303. The summed E-state index contributed by atoms with van der Waals surface area (Å²) < 4.78 is 11.5. The van der Waals surface area contributed by atoms with E-state index in [4.69, 9.17) is 9.47 Å². The van der Waals surface area contributed by atoms with Gasteiger partial charge in [-0.3, -0.25) is 4.90 Å². The highest BCUT2D eigenvalue weighted by molar-refractivity contribution is 4.87. The van der Waals surface area contributed by atoms with Crippen LogP contribution >= 0.6 is 0 Å². The largest absolute Gasteiger partial charge is 0.381 e. The Hall–Kier alpha value is -0.160. The van der Waals surface area contributed by atoms with E-state index in [1.54, 1.807) is 0 Å². The normalized spacial score (nSPS) is 35.3. The fraction of sp³-hybridized carbons (Fsp3) is 1.00. The van der Waals surface area contributed by atoms with Crippen molar-refractivity contribution in [2.75, 3.05) is 53.0 Å². The Bertz CT molecular complexity index is 236. The molecule has 0 aromatic carbocycles. The quantitative estimate of drug-likeness (QED) is 0.817. The molecule has 0 aromatic heterocycles. The van der Waals surface area contributed by atoms with Crippen LogP contribution in [0.2, 0.25) is 0 Å². The lowest BCUT2D eigenvalue weighted by Gasteiger charge is -2.41. The highest BCUT2D eigenvalue weighted by Gasteiger charge is 2.34. The molecule has 2 atom stereocenters. The second-order valence-corrected chi connectivity index (χ2v) is 5.96. The van der Waals surface area contributed by atoms with Crippen LogP contribution in [0.1, 0.15) is 26.2 Å². The van der Waals surface area contributed by atoms with Gasteiger partial charge in [-0.15, -0.1) is 0 Å². The molecule has 2 aliphatic rings. The SMILES string of the molecule is CNCC1(CN2CCCOC(C)C2)CCCOC1. The molecule has 2 saturated heterocycles. The van der Waals surface area contributed by atoms with Gasteiger partial charge in [-0.05, 0) is 33.2 Å². The molecule has 1 N–H and O–H groups in total. The summed E-state index contributed by atoms with van der Waals surface area (Å²) in [4.78, 5) is 2.57. The Labute approximate surface area is 111 Å². The van der Waals surface area contributed by atoms with Gasteiger partial charge in [-0.25, -0.2) is 0 Å². The lowest BCUT2D eigenvalue weighted by Crippen LogP contribution is -2.49. The number of nitrogens with zero attached hydrogens (tertiary/aromatic N) is 1. The van der Waals surface area contributed by atoms with E-state index < -0.39 is 0 Å². The molecule has 0 saturated carbocycles. The summed E-state index contributed by atoms with van der Waals surface area (Å²) in [7, 11) is 2.05. The summed E-state index contributed by atoms with van der Waals surface area (Å²) in [5.74, 6) is 0. The fourth-order valence-corrected chi connectivity index (χ4v) is 3.30. The number of nitrogens with one attached hydrogen (secondary N) is 1. The first kappa shape index (κ1) is 14.3. The molecule has 0 amide bonds.